The molecule has 1 aromatic carbocycles. The van der Waals surface area contributed by atoms with Gasteiger partial charge in [0.2, 0.25) is 0 Å². The van der Waals surface area contributed by atoms with Gasteiger partial charge in [-0.25, -0.2) is 0 Å². The van der Waals surface area contributed by atoms with Crippen molar-refractivity contribution in [2.24, 2.45) is 0 Å². The minimum atomic E-state index is -0.532. The van der Waals surface area contributed by atoms with Gasteiger partial charge in [0.1, 0.15) is 5.75 Å². The Hall–Kier alpha value is -0.480. The SMILES string of the molecule is COc1c(Cl)cc(Cl)cc1CNCC1(O)CCC1. The van der Waals surface area contributed by atoms with Crippen molar-refractivity contribution < 1.29 is 9.84 Å². The Kier molecular flexibility index (Phi) is 4.38. The van der Waals surface area contributed by atoms with E-state index in [2.05, 4.69) is 5.32 Å². The fourth-order valence-electron chi connectivity index (χ4n) is 2.17. The molecule has 1 saturated carbocycles. The first-order valence-electron chi connectivity index (χ1n) is 5.99. The number of benzene rings is 1. The molecule has 0 bridgehead atoms. The van der Waals surface area contributed by atoms with E-state index in [4.69, 9.17) is 27.9 Å². The largest absolute Gasteiger partial charge is 0.495 e. The molecule has 0 aliphatic heterocycles. The second-order valence-electron chi connectivity index (χ2n) is 4.76. The predicted octanol–water partition coefficient (Wildman–Crippen LogP) is 3.01. The number of halogens is 2. The molecule has 18 heavy (non-hydrogen) atoms. The van der Waals surface area contributed by atoms with Crippen molar-refractivity contribution in [2.45, 2.75) is 31.4 Å². The van der Waals surface area contributed by atoms with E-state index >= 15 is 0 Å². The first kappa shape index (κ1) is 13.9. The summed E-state index contributed by atoms with van der Waals surface area (Å²) >= 11 is 12.0. The fraction of sp³-hybridized carbons (Fsp3) is 0.538. The monoisotopic (exact) mass is 289 g/mol. The number of hydrogen-bond donors (Lipinski definition) is 2. The van der Waals surface area contributed by atoms with Crippen LogP contribution in [0.15, 0.2) is 12.1 Å². The maximum atomic E-state index is 9.98. The number of rotatable bonds is 5. The lowest BCUT2D eigenvalue weighted by Crippen LogP contribution is -2.46. The molecule has 3 nitrogen and oxygen atoms in total. The highest BCUT2D eigenvalue weighted by molar-refractivity contribution is 6.35. The van der Waals surface area contributed by atoms with E-state index in [0.717, 1.165) is 24.8 Å². The molecule has 0 saturated heterocycles. The summed E-state index contributed by atoms with van der Waals surface area (Å²) in [6, 6.07) is 3.48. The van der Waals surface area contributed by atoms with E-state index in [1.165, 1.54) is 0 Å². The van der Waals surface area contributed by atoms with Crippen molar-refractivity contribution in [3.05, 3.63) is 27.7 Å². The number of ether oxygens (including phenoxy) is 1. The normalized spacial score (nSPS) is 17.3. The van der Waals surface area contributed by atoms with Crippen LogP contribution in [-0.4, -0.2) is 24.4 Å². The van der Waals surface area contributed by atoms with Gasteiger partial charge in [-0.05, 0) is 31.4 Å². The van der Waals surface area contributed by atoms with Gasteiger partial charge < -0.3 is 15.2 Å². The van der Waals surface area contributed by atoms with Crippen molar-refractivity contribution in [3.63, 3.8) is 0 Å². The molecule has 100 valence electrons. The standard InChI is InChI=1S/C13H17Cl2NO2/c1-18-12-9(5-10(14)6-11(12)15)7-16-8-13(17)3-2-4-13/h5-6,16-17H,2-4,7-8H2,1H3. The van der Waals surface area contributed by atoms with Crippen molar-refractivity contribution in [2.75, 3.05) is 13.7 Å². The average molecular weight is 290 g/mol. The molecule has 1 aliphatic rings. The van der Waals surface area contributed by atoms with Gasteiger partial charge in [-0.15, -0.1) is 0 Å². The summed E-state index contributed by atoms with van der Waals surface area (Å²) < 4.78 is 5.26. The van der Waals surface area contributed by atoms with Crippen LogP contribution in [0.1, 0.15) is 24.8 Å². The average Bonchev–Trinajstić information content (AvgIpc) is 2.26. The molecule has 0 heterocycles. The van der Waals surface area contributed by atoms with Crippen molar-refractivity contribution in [3.8, 4) is 5.75 Å². The highest BCUT2D eigenvalue weighted by Crippen LogP contribution is 2.33. The summed E-state index contributed by atoms with van der Waals surface area (Å²) in [6.07, 6.45) is 2.84. The Morgan fingerprint density at radius 3 is 2.67 bits per heavy atom. The Labute approximate surface area is 117 Å². The van der Waals surface area contributed by atoms with Crippen LogP contribution in [0.2, 0.25) is 10.0 Å². The third kappa shape index (κ3) is 3.09. The Balaban J connectivity index is 1.99. The molecule has 1 fully saturated rings. The summed E-state index contributed by atoms with van der Waals surface area (Å²) in [6.45, 7) is 1.16. The van der Waals surface area contributed by atoms with Gasteiger partial charge in [0.15, 0.2) is 0 Å². The Morgan fingerprint density at radius 1 is 1.39 bits per heavy atom. The molecular weight excluding hydrogens is 273 g/mol. The molecule has 0 atom stereocenters. The molecule has 0 amide bonds. The number of hydrogen-bond acceptors (Lipinski definition) is 3. The zero-order chi connectivity index (χ0) is 13.2. The van der Waals surface area contributed by atoms with Crippen LogP contribution >= 0.6 is 23.2 Å². The van der Waals surface area contributed by atoms with Crippen LogP contribution < -0.4 is 10.1 Å². The highest BCUT2D eigenvalue weighted by atomic mass is 35.5. The molecule has 0 radical (unpaired) electrons. The van der Waals surface area contributed by atoms with E-state index in [-0.39, 0.29) is 0 Å². The van der Waals surface area contributed by atoms with Crippen molar-refractivity contribution in [1.29, 1.82) is 0 Å². The van der Waals surface area contributed by atoms with Crippen LogP contribution in [0.5, 0.6) is 5.75 Å². The minimum absolute atomic E-state index is 0.504. The van der Waals surface area contributed by atoms with Crippen LogP contribution in [-0.2, 0) is 6.54 Å². The van der Waals surface area contributed by atoms with Crippen molar-refractivity contribution in [1.82, 2.24) is 5.32 Å². The van der Waals surface area contributed by atoms with E-state index in [0.29, 0.717) is 28.9 Å². The van der Waals surface area contributed by atoms with Crippen molar-refractivity contribution >= 4 is 23.2 Å². The molecule has 0 unspecified atom stereocenters. The van der Waals surface area contributed by atoms with E-state index in [1.807, 2.05) is 6.07 Å². The number of nitrogens with one attached hydrogen (secondary N) is 1. The second kappa shape index (κ2) is 5.66. The lowest BCUT2D eigenvalue weighted by Gasteiger charge is -2.36. The summed E-state index contributed by atoms with van der Waals surface area (Å²) in [7, 11) is 1.58. The van der Waals surface area contributed by atoms with Crippen LogP contribution in [0.3, 0.4) is 0 Å². The van der Waals surface area contributed by atoms with Gasteiger partial charge in [-0.3, -0.25) is 0 Å². The van der Waals surface area contributed by atoms with Gasteiger partial charge in [0.05, 0.1) is 17.7 Å². The summed E-state index contributed by atoms with van der Waals surface area (Å²) in [5.74, 6) is 0.633. The quantitative estimate of drug-likeness (QED) is 0.876. The van der Waals surface area contributed by atoms with Gasteiger partial charge in [0, 0.05) is 23.7 Å². The first-order valence-corrected chi connectivity index (χ1v) is 6.75. The van der Waals surface area contributed by atoms with Gasteiger partial charge >= 0.3 is 0 Å². The summed E-state index contributed by atoms with van der Waals surface area (Å²) in [4.78, 5) is 0. The van der Waals surface area contributed by atoms with E-state index in [9.17, 15) is 5.11 Å². The minimum Gasteiger partial charge on any atom is -0.495 e. The maximum absolute atomic E-state index is 9.98. The van der Waals surface area contributed by atoms with Crippen LogP contribution in [0, 0.1) is 0 Å². The van der Waals surface area contributed by atoms with E-state index in [1.54, 1.807) is 13.2 Å². The second-order valence-corrected chi connectivity index (χ2v) is 5.61. The molecule has 2 rings (SSSR count). The third-order valence-corrected chi connectivity index (χ3v) is 3.84. The molecule has 1 aliphatic carbocycles. The summed E-state index contributed by atoms with van der Waals surface area (Å²) in [5, 5.41) is 14.3. The molecule has 5 heteroatoms. The van der Waals surface area contributed by atoms with Gasteiger partial charge in [-0.2, -0.15) is 0 Å². The highest BCUT2D eigenvalue weighted by Gasteiger charge is 2.33. The third-order valence-electron chi connectivity index (χ3n) is 3.34. The summed E-state index contributed by atoms with van der Waals surface area (Å²) in [5.41, 5.74) is 0.369. The molecule has 1 aromatic rings. The first-order chi connectivity index (χ1) is 8.54. The van der Waals surface area contributed by atoms with Gasteiger partial charge in [-0.1, -0.05) is 23.2 Å². The predicted molar refractivity (Wildman–Crippen MR) is 73.5 cm³/mol. The lowest BCUT2D eigenvalue weighted by atomic mass is 9.80. The zero-order valence-electron chi connectivity index (χ0n) is 10.3. The van der Waals surface area contributed by atoms with E-state index < -0.39 is 5.60 Å². The van der Waals surface area contributed by atoms with Crippen LogP contribution in [0.25, 0.3) is 0 Å². The van der Waals surface area contributed by atoms with Crippen LogP contribution in [0.4, 0.5) is 0 Å². The zero-order valence-corrected chi connectivity index (χ0v) is 11.8. The maximum Gasteiger partial charge on any atom is 0.142 e. The molecule has 2 N–H and O–H groups in total. The topological polar surface area (TPSA) is 41.5 Å². The molecular formula is C13H17Cl2NO2. The number of methoxy groups -OCH3 is 1. The molecule has 0 spiro atoms. The smallest absolute Gasteiger partial charge is 0.142 e. The molecule has 0 aromatic heterocycles. The Morgan fingerprint density at radius 2 is 2.11 bits per heavy atom. The lowest BCUT2D eigenvalue weighted by molar-refractivity contribution is -0.0315. The fourth-order valence-corrected chi connectivity index (χ4v) is 2.78. The Bertz CT molecular complexity index is 433. The number of aliphatic hydroxyl groups is 1. The van der Waals surface area contributed by atoms with Gasteiger partial charge in [0.25, 0.3) is 0 Å².